The quantitative estimate of drug-likeness (QED) is 0.622. The molecule has 0 aliphatic heterocycles. The first-order valence-corrected chi connectivity index (χ1v) is 9.46. The highest BCUT2D eigenvalue weighted by Crippen LogP contribution is 2.23. The molecule has 0 radical (unpaired) electrons. The maximum atomic E-state index is 12.3. The standard InChI is InChI=1S/C19H19ClN4OS/c1-12-7-9-14(10-8-12)17-22-19(24-23-17)26-13(2)18(25)21-11-15-5-3-4-6-16(15)20/h3-10,13H,11H2,1-2H3,(H,21,25)(H,22,23,24)/t13-/m1/s1. The van der Waals surface area contributed by atoms with Crippen molar-refractivity contribution in [3.05, 3.63) is 64.7 Å². The molecule has 134 valence electrons. The molecule has 0 bridgehead atoms. The topological polar surface area (TPSA) is 70.7 Å². The zero-order valence-electron chi connectivity index (χ0n) is 14.5. The van der Waals surface area contributed by atoms with Crippen molar-refractivity contribution < 1.29 is 4.79 Å². The van der Waals surface area contributed by atoms with Crippen LogP contribution < -0.4 is 5.32 Å². The Bertz CT molecular complexity index is 895. The van der Waals surface area contributed by atoms with Gasteiger partial charge in [0.05, 0.1) is 5.25 Å². The summed E-state index contributed by atoms with van der Waals surface area (Å²) in [4.78, 5) is 16.8. The number of carbonyl (C=O) groups excluding carboxylic acids is 1. The monoisotopic (exact) mass is 386 g/mol. The van der Waals surface area contributed by atoms with Crippen LogP contribution in [0.25, 0.3) is 11.4 Å². The Morgan fingerprint density at radius 1 is 1.23 bits per heavy atom. The number of thioether (sulfide) groups is 1. The summed E-state index contributed by atoms with van der Waals surface area (Å²) < 4.78 is 0. The van der Waals surface area contributed by atoms with Crippen molar-refractivity contribution >= 4 is 29.3 Å². The van der Waals surface area contributed by atoms with E-state index < -0.39 is 0 Å². The second-order valence-electron chi connectivity index (χ2n) is 5.90. The summed E-state index contributed by atoms with van der Waals surface area (Å²) in [7, 11) is 0. The van der Waals surface area contributed by atoms with E-state index in [0.29, 0.717) is 22.5 Å². The fraction of sp³-hybridized carbons (Fsp3) is 0.211. The van der Waals surface area contributed by atoms with E-state index in [1.807, 2.05) is 62.4 Å². The van der Waals surface area contributed by atoms with Crippen LogP contribution in [0.15, 0.2) is 53.7 Å². The number of amides is 1. The minimum atomic E-state index is -0.320. The summed E-state index contributed by atoms with van der Waals surface area (Å²) in [6.07, 6.45) is 0. The maximum Gasteiger partial charge on any atom is 0.233 e. The van der Waals surface area contributed by atoms with E-state index >= 15 is 0 Å². The molecule has 0 saturated carbocycles. The lowest BCUT2D eigenvalue weighted by Crippen LogP contribution is -2.30. The van der Waals surface area contributed by atoms with Gasteiger partial charge in [-0.15, -0.1) is 5.10 Å². The molecule has 1 heterocycles. The lowest BCUT2D eigenvalue weighted by atomic mass is 10.1. The number of hydrogen-bond acceptors (Lipinski definition) is 4. The Morgan fingerprint density at radius 3 is 2.69 bits per heavy atom. The van der Waals surface area contributed by atoms with Gasteiger partial charge in [-0.05, 0) is 25.5 Å². The second-order valence-corrected chi connectivity index (χ2v) is 7.62. The van der Waals surface area contributed by atoms with Crippen LogP contribution >= 0.6 is 23.4 Å². The third kappa shape index (κ3) is 4.65. The summed E-state index contributed by atoms with van der Waals surface area (Å²) in [5.74, 6) is 0.604. The first kappa shape index (κ1) is 18.5. The van der Waals surface area contributed by atoms with Gasteiger partial charge in [-0.2, -0.15) is 0 Å². The van der Waals surface area contributed by atoms with Crippen molar-refractivity contribution in [3.8, 4) is 11.4 Å². The van der Waals surface area contributed by atoms with Crippen LogP contribution in [0.3, 0.4) is 0 Å². The molecule has 5 nitrogen and oxygen atoms in total. The van der Waals surface area contributed by atoms with Gasteiger partial charge in [0, 0.05) is 17.1 Å². The van der Waals surface area contributed by atoms with E-state index in [9.17, 15) is 4.79 Å². The van der Waals surface area contributed by atoms with Crippen molar-refractivity contribution in [2.75, 3.05) is 0 Å². The molecule has 1 aromatic heterocycles. The Labute approximate surface area is 161 Å². The predicted octanol–water partition coefficient (Wildman–Crippen LogP) is 4.23. The van der Waals surface area contributed by atoms with Crippen molar-refractivity contribution in [2.24, 2.45) is 0 Å². The third-order valence-electron chi connectivity index (χ3n) is 3.85. The van der Waals surface area contributed by atoms with Gasteiger partial charge in [-0.3, -0.25) is 9.89 Å². The highest BCUT2D eigenvalue weighted by atomic mass is 35.5. The molecule has 0 fully saturated rings. The van der Waals surface area contributed by atoms with E-state index in [2.05, 4.69) is 20.5 Å². The molecule has 0 aliphatic rings. The van der Waals surface area contributed by atoms with E-state index in [-0.39, 0.29) is 11.2 Å². The number of aromatic nitrogens is 3. The predicted molar refractivity (Wildman–Crippen MR) is 105 cm³/mol. The molecule has 2 aromatic carbocycles. The molecule has 0 saturated heterocycles. The first-order chi connectivity index (χ1) is 12.5. The maximum absolute atomic E-state index is 12.3. The zero-order valence-corrected chi connectivity index (χ0v) is 16.1. The van der Waals surface area contributed by atoms with Gasteiger partial charge in [-0.1, -0.05) is 71.4 Å². The lowest BCUT2D eigenvalue weighted by Gasteiger charge is -2.11. The SMILES string of the molecule is Cc1ccc(-c2nc(S[C@H](C)C(=O)NCc3ccccc3Cl)n[nH]2)cc1. The van der Waals surface area contributed by atoms with E-state index in [1.165, 1.54) is 17.3 Å². The molecule has 0 aliphatic carbocycles. The third-order valence-corrected chi connectivity index (χ3v) is 5.18. The molecule has 0 spiro atoms. The van der Waals surface area contributed by atoms with Gasteiger partial charge in [0.25, 0.3) is 0 Å². The van der Waals surface area contributed by atoms with Crippen molar-refractivity contribution in [1.82, 2.24) is 20.5 Å². The Kier molecular flexibility index (Phi) is 5.96. The Morgan fingerprint density at radius 2 is 1.96 bits per heavy atom. The Hall–Kier alpha value is -2.31. The van der Waals surface area contributed by atoms with Gasteiger partial charge in [0.15, 0.2) is 5.82 Å². The number of nitrogens with one attached hydrogen (secondary N) is 2. The minimum Gasteiger partial charge on any atom is -0.351 e. The molecular formula is C19H19ClN4OS. The molecule has 7 heteroatoms. The summed E-state index contributed by atoms with van der Waals surface area (Å²) in [6, 6.07) is 15.5. The molecule has 3 rings (SSSR count). The van der Waals surface area contributed by atoms with E-state index in [0.717, 1.165) is 11.1 Å². The number of nitrogens with zero attached hydrogens (tertiary/aromatic N) is 2. The number of hydrogen-bond donors (Lipinski definition) is 2. The number of halogens is 1. The summed E-state index contributed by atoms with van der Waals surface area (Å²) in [5.41, 5.74) is 3.04. The number of H-pyrrole nitrogens is 1. The van der Waals surface area contributed by atoms with Gasteiger partial charge in [0.1, 0.15) is 0 Å². The fourth-order valence-electron chi connectivity index (χ4n) is 2.32. The molecule has 1 atom stereocenters. The minimum absolute atomic E-state index is 0.0865. The molecule has 1 amide bonds. The lowest BCUT2D eigenvalue weighted by molar-refractivity contribution is -0.120. The largest absolute Gasteiger partial charge is 0.351 e. The van der Waals surface area contributed by atoms with Crippen LogP contribution in [-0.4, -0.2) is 26.3 Å². The summed E-state index contributed by atoms with van der Waals surface area (Å²) in [5, 5.41) is 10.9. The normalized spacial score (nSPS) is 12.0. The number of carbonyl (C=O) groups is 1. The van der Waals surface area contributed by atoms with Crippen LogP contribution in [0.4, 0.5) is 0 Å². The van der Waals surface area contributed by atoms with E-state index in [1.54, 1.807) is 0 Å². The van der Waals surface area contributed by atoms with Gasteiger partial charge >= 0.3 is 0 Å². The van der Waals surface area contributed by atoms with Crippen LogP contribution in [-0.2, 0) is 11.3 Å². The molecule has 2 N–H and O–H groups in total. The van der Waals surface area contributed by atoms with Crippen LogP contribution in [0.5, 0.6) is 0 Å². The van der Waals surface area contributed by atoms with Crippen LogP contribution in [0, 0.1) is 6.92 Å². The highest BCUT2D eigenvalue weighted by molar-refractivity contribution is 8.00. The van der Waals surface area contributed by atoms with Gasteiger partial charge in [-0.25, -0.2) is 4.98 Å². The molecule has 0 unspecified atom stereocenters. The number of rotatable bonds is 6. The van der Waals surface area contributed by atoms with Crippen LogP contribution in [0.1, 0.15) is 18.1 Å². The molecular weight excluding hydrogens is 368 g/mol. The van der Waals surface area contributed by atoms with Crippen LogP contribution in [0.2, 0.25) is 5.02 Å². The Balaban J connectivity index is 1.57. The number of aromatic amines is 1. The highest BCUT2D eigenvalue weighted by Gasteiger charge is 2.17. The molecule has 26 heavy (non-hydrogen) atoms. The molecule has 3 aromatic rings. The second kappa shape index (κ2) is 8.38. The average molecular weight is 387 g/mol. The van der Waals surface area contributed by atoms with Gasteiger partial charge in [0.2, 0.25) is 11.1 Å². The number of benzene rings is 2. The van der Waals surface area contributed by atoms with Crippen molar-refractivity contribution in [3.63, 3.8) is 0 Å². The average Bonchev–Trinajstić information content (AvgIpc) is 3.09. The van der Waals surface area contributed by atoms with Gasteiger partial charge < -0.3 is 5.32 Å². The zero-order chi connectivity index (χ0) is 18.5. The van der Waals surface area contributed by atoms with E-state index in [4.69, 9.17) is 11.6 Å². The number of aryl methyl sites for hydroxylation is 1. The first-order valence-electron chi connectivity index (χ1n) is 8.20. The van der Waals surface area contributed by atoms with Crippen molar-refractivity contribution in [1.29, 1.82) is 0 Å². The fourth-order valence-corrected chi connectivity index (χ4v) is 3.27. The summed E-state index contributed by atoms with van der Waals surface area (Å²) in [6.45, 7) is 4.26. The van der Waals surface area contributed by atoms with Crippen molar-refractivity contribution in [2.45, 2.75) is 30.8 Å². The smallest absolute Gasteiger partial charge is 0.233 e. The summed E-state index contributed by atoms with van der Waals surface area (Å²) >= 11 is 7.42.